The number of halogens is 12. The topological polar surface area (TPSA) is 203 Å². The van der Waals surface area contributed by atoms with Crippen molar-refractivity contribution in [3.05, 3.63) is 192 Å². The van der Waals surface area contributed by atoms with Crippen LogP contribution in [0.15, 0.2) is 94.5 Å². The number of benzene rings is 5. The summed E-state index contributed by atoms with van der Waals surface area (Å²) in [5.74, 6) is -8.54. The van der Waals surface area contributed by atoms with Crippen LogP contribution in [-0.4, -0.2) is 150 Å². The van der Waals surface area contributed by atoms with Crippen molar-refractivity contribution in [1.29, 1.82) is 0 Å². The van der Waals surface area contributed by atoms with E-state index < -0.39 is 97.8 Å². The summed E-state index contributed by atoms with van der Waals surface area (Å²) in [6.45, 7) is 24.1. The van der Waals surface area contributed by atoms with Gasteiger partial charge in [0.2, 0.25) is 0 Å². The molecule has 3 atom stereocenters. The van der Waals surface area contributed by atoms with Gasteiger partial charge in [-0.05, 0) is 238 Å². The maximum Gasteiger partial charge on any atom is 0.172 e. The van der Waals surface area contributed by atoms with Gasteiger partial charge >= 0.3 is 0 Å². The lowest BCUT2D eigenvalue weighted by atomic mass is 9.72. The van der Waals surface area contributed by atoms with Crippen LogP contribution in [-0.2, 0) is 66.6 Å². The Morgan fingerprint density at radius 3 is 1.14 bits per heavy atom. The van der Waals surface area contributed by atoms with Crippen LogP contribution in [0, 0.1) is 96.7 Å². The quantitative estimate of drug-likeness (QED) is 0.0322. The molecule has 15 rings (SSSR count). The van der Waals surface area contributed by atoms with Gasteiger partial charge in [0.15, 0.2) is 52.1 Å². The Bertz CT molecular complexity index is 4130. The number of phenols is 1. The maximum atomic E-state index is 14.0. The van der Waals surface area contributed by atoms with Gasteiger partial charge in [0.25, 0.3) is 0 Å². The first kappa shape index (κ1) is 104. The molecule has 0 aromatic heterocycles. The molecule has 0 radical (unpaired) electrons. The van der Waals surface area contributed by atoms with Gasteiger partial charge in [-0.15, -0.1) is 24.0 Å². The fourth-order valence-electron chi connectivity index (χ4n) is 16.9. The van der Waals surface area contributed by atoms with Crippen molar-refractivity contribution in [3.8, 4) is 11.5 Å². The van der Waals surface area contributed by atoms with Crippen LogP contribution < -0.4 is 4.74 Å². The van der Waals surface area contributed by atoms with Gasteiger partial charge in [-0.25, -0.2) is 43.9 Å². The average Bonchev–Trinajstić information content (AvgIpc) is 1.46. The number of aromatic hydroxyl groups is 1. The van der Waals surface area contributed by atoms with E-state index in [0.29, 0.717) is 197 Å². The summed E-state index contributed by atoms with van der Waals surface area (Å²) in [4.78, 5) is 0. The zero-order valence-electron chi connectivity index (χ0n) is 68.3. The zero-order chi connectivity index (χ0) is 84.4. The zero-order valence-corrected chi connectivity index (χ0v) is 72.2. The fraction of sp³-hybridized carbons (Fsp3) is 0.609. The minimum absolute atomic E-state index is 0. The molecular formula is C92H126BrF10IO16. The molecule has 0 amide bonds. The average molecular weight is 1880 g/mol. The number of hydrogen-bond acceptors (Lipinski definition) is 16. The number of aryl methyl sites for hydroxylation is 3. The third kappa shape index (κ3) is 25.8. The molecule has 0 bridgehead atoms. The second kappa shape index (κ2) is 43.9. The molecule has 9 fully saturated rings. The summed E-state index contributed by atoms with van der Waals surface area (Å²) in [6, 6.07) is 11.2. The number of aliphatic hydroxyl groups is 4. The van der Waals surface area contributed by atoms with Gasteiger partial charge in [-0.1, -0.05) is 67.4 Å². The predicted molar refractivity (Wildman–Crippen MR) is 453 cm³/mol. The molecule has 10 aliphatic rings. The minimum atomic E-state index is -1.03. The van der Waals surface area contributed by atoms with E-state index in [1.165, 1.54) is 62.1 Å². The Labute approximate surface area is 727 Å². The second-order valence-electron chi connectivity index (χ2n) is 33.0. The highest BCUT2D eigenvalue weighted by molar-refractivity contribution is 14.0. The molecule has 5 aromatic rings. The van der Waals surface area contributed by atoms with E-state index >= 15 is 0 Å². The predicted octanol–water partition coefficient (Wildman–Crippen LogP) is 21.3. The van der Waals surface area contributed by atoms with Crippen LogP contribution in [0.5, 0.6) is 11.5 Å². The van der Waals surface area contributed by atoms with E-state index in [9.17, 15) is 69.4 Å². The molecule has 3 unspecified atom stereocenters. The fourth-order valence-corrected chi connectivity index (χ4v) is 17.2. The number of ether oxygens (including phenoxy) is 11. The third-order valence-corrected chi connectivity index (χ3v) is 25.8. The lowest BCUT2D eigenvalue weighted by Gasteiger charge is -2.43. The van der Waals surface area contributed by atoms with Crippen molar-refractivity contribution in [1.82, 2.24) is 0 Å². The molecule has 5 saturated heterocycles. The smallest absolute Gasteiger partial charge is 0.172 e. The number of hydrogen-bond donors (Lipinski definition) is 5. The van der Waals surface area contributed by atoms with E-state index in [1.807, 2.05) is 20.8 Å². The molecule has 5 aliphatic heterocycles. The van der Waals surface area contributed by atoms with Gasteiger partial charge in [-0.2, -0.15) is 0 Å². The van der Waals surface area contributed by atoms with Crippen LogP contribution in [0.2, 0.25) is 0 Å². The Kier molecular flexibility index (Phi) is 37.9. The Morgan fingerprint density at radius 1 is 0.425 bits per heavy atom. The molecule has 5 N–H and O–H groups in total. The van der Waals surface area contributed by atoms with Crippen molar-refractivity contribution in [2.24, 2.45) is 17.8 Å². The summed E-state index contributed by atoms with van der Waals surface area (Å²) in [7, 11) is 1.28. The van der Waals surface area contributed by atoms with Crippen LogP contribution in [0.3, 0.4) is 0 Å². The van der Waals surface area contributed by atoms with E-state index in [1.54, 1.807) is 20.8 Å². The van der Waals surface area contributed by atoms with E-state index in [-0.39, 0.29) is 115 Å². The van der Waals surface area contributed by atoms with Crippen molar-refractivity contribution in [2.75, 3.05) is 73.2 Å². The SMILES string of the molecule is C.C.C.C/C(=C\c1cc(F)c(C)cc1F)C1(O)CCC2(CC1)OCCO2.C=C(C)C1(O)CCC2(CC1)OCCO2.CC(Cc1cc(F)c(O)cc1F)C1(O)CCC2(CC1)OCCO2.COc1cc(F)c(Br)cc1F.Cc1cc(F)c(CC(C)C2(O)CCC3(CC2)OCCO3)cc1F.Cc1cc(F)c(CC(C)C2=CCC3(CC2)OCCO3)cc1F.I. The lowest BCUT2D eigenvalue weighted by Crippen LogP contribution is -2.47. The monoisotopic (exact) mass is 1880 g/mol. The molecule has 5 aromatic carbocycles. The highest BCUT2D eigenvalue weighted by atomic mass is 127. The maximum absolute atomic E-state index is 14.0. The summed E-state index contributed by atoms with van der Waals surface area (Å²) >= 11 is 2.84. The first-order valence-electron chi connectivity index (χ1n) is 40.2. The number of methoxy groups -OCH3 is 1. The van der Waals surface area contributed by atoms with E-state index in [2.05, 4.69) is 40.2 Å². The Morgan fingerprint density at radius 2 is 0.767 bits per heavy atom. The van der Waals surface area contributed by atoms with Crippen molar-refractivity contribution >= 4 is 46.0 Å². The molecule has 120 heavy (non-hydrogen) atoms. The Hall–Kier alpha value is -5.13. The normalized spacial score (nSPS) is 24.4. The van der Waals surface area contributed by atoms with Gasteiger partial charge in [0.1, 0.15) is 46.5 Å². The molecule has 16 nitrogen and oxygen atoms in total. The van der Waals surface area contributed by atoms with Crippen molar-refractivity contribution < 1.29 is 122 Å². The molecular weight excluding hydrogens is 1760 g/mol. The third-order valence-electron chi connectivity index (χ3n) is 25.2. The first-order chi connectivity index (χ1) is 54.7. The summed E-state index contributed by atoms with van der Waals surface area (Å²) < 4.78 is 197. The number of allylic oxidation sites excluding steroid dienone is 1. The summed E-state index contributed by atoms with van der Waals surface area (Å²) in [6.07, 6.45) is 16.8. The second-order valence-corrected chi connectivity index (χ2v) is 33.9. The highest BCUT2D eigenvalue weighted by Gasteiger charge is 2.51. The van der Waals surface area contributed by atoms with Crippen LogP contribution in [0.25, 0.3) is 6.08 Å². The minimum Gasteiger partial charge on any atom is -0.505 e. The molecule has 4 saturated carbocycles. The van der Waals surface area contributed by atoms with Crippen LogP contribution in [0.1, 0.15) is 218 Å². The molecule has 5 spiro atoms. The largest absolute Gasteiger partial charge is 0.505 e. The van der Waals surface area contributed by atoms with Gasteiger partial charge in [-0.3, -0.25) is 0 Å². The standard InChI is InChI=1S/C18H24F2O3.C18H22F2O3.C18H22F2O2.C17H22F2O4.C11H18O3.C7H5BrF2O.3CH4.HI/c2*1-12-9-16(20)14(11-15(12)19)10-13(2)17(21)3-5-18(6-4-17)22-7-8-23-18;1-12(9-15-11-16(19)13(2)10-17(15)20)14-3-5-18(6-4-14)21-7-8-22-18;1-11(8-12-9-14(19)15(20)10-13(12)18)16(21)2-4-17(5-3-16)22-6-7-23-17;1-9(2)10(12)3-5-11(6-4-10)13-7-8-14-11;1-11-7-3-5(9)4(8)2-6(7)10;;;;/h9,11,13,21H,3-8,10H2,1-2H3;9-11,21H,3-8H2,1-2H3;3,10-12H,4-9H2,1-2H3;9-11,20-21H,2-8H2,1H3;12H,1,3-8H2,2H3;2-3H,1H3;3*1H4;1H/b;13-10+;;;;;;;;. The lowest BCUT2D eigenvalue weighted by molar-refractivity contribution is -0.209. The van der Waals surface area contributed by atoms with Gasteiger partial charge < -0.3 is 77.6 Å². The molecule has 28 heteroatoms. The summed E-state index contributed by atoms with van der Waals surface area (Å²) in [5.41, 5.74) is 1.20. The number of rotatable bonds is 13. The molecule has 5 aliphatic carbocycles. The molecule has 5 heterocycles. The van der Waals surface area contributed by atoms with Crippen LogP contribution >= 0.6 is 39.9 Å². The van der Waals surface area contributed by atoms with E-state index in [4.69, 9.17) is 47.4 Å². The Balaban J connectivity index is 0.000000225. The van der Waals surface area contributed by atoms with Crippen molar-refractivity contribution in [3.63, 3.8) is 0 Å². The first-order valence-corrected chi connectivity index (χ1v) is 41.0. The van der Waals surface area contributed by atoms with Crippen molar-refractivity contribution in [2.45, 2.75) is 270 Å². The van der Waals surface area contributed by atoms with Crippen LogP contribution in [0.4, 0.5) is 43.9 Å². The highest BCUT2D eigenvalue weighted by Crippen LogP contribution is 2.49. The van der Waals surface area contributed by atoms with Gasteiger partial charge in [0, 0.05) is 81.9 Å². The molecule has 674 valence electrons. The van der Waals surface area contributed by atoms with E-state index in [0.717, 1.165) is 61.9 Å². The number of phenolic OH excluding ortho intramolecular Hbond substituents is 1. The summed E-state index contributed by atoms with van der Waals surface area (Å²) in [5, 5.41) is 52.0. The van der Waals surface area contributed by atoms with Gasteiger partial charge in [0.05, 0.1) is 100 Å².